The highest BCUT2D eigenvalue weighted by Crippen LogP contribution is 2.40. The molecule has 0 aromatic heterocycles. The molecule has 9 heteroatoms. The highest BCUT2D eigenvalue weighted by molar-refractivity contribution is 8.18. The summed E-state index contributed by atoms with van der Waals surface area (Å²) in [5, 5.41) is 2.18. The molecule has 1 saturated heterocycles. The van der Waals surface area contributed by atoms with Crippen LogP contribution in [-0.2, 0) is 17.9 Å². The minimum Gasteiger partial charge on any atom is -0.493 e. The minimum atomic E-state index is -0.497. The monoisotopic (exact) mass is 567 g/mol. The summed E-state index contributed by atoms with van der Waals surface area (Å²) in [6.45, 7) is 0.216. The Morgan fingerprint density at radius 3 is 2.53 bits per heavy atom. The molecule has 1 fully saturated rings. The molecule has 0 atom stereocenters. The first-order valence-electron chi connectivity index (χ1n) is 11.5. The van der Waals surface area contributed by atoms with Crippen LogP contribution in [0.25, 0.3) is 16.8 Å². The van der Waals surface area contributed by atoms with Crippen LogP contribution < -0.4 is 9.47 Å². The second-order valence-corrected chi connectivity index (χ2v) is 10.3. The van der Waals surface area contributed by atoms with E-state index in [1.54, 1.807) is 18.2 Å². The van der Waals surface area contributed by atoms with Gasteiger partial charge in [0.1, 0.15) is 12.4 Å². The Kier molecular flexibility index (Phi) is 7.61. The van der Waals surface area contributed by atoms with Crippen molar-refractivity contribution in [3.05, 3.63) is 110 Å². The highest BCUT2D eigenvalue weighted by atomic mass is 35.5. The molecule has 0 N–H and O–H groups in total. The maximum Gasteiger partial charge on any atom is 0.293 e. The first-order valence-corrected chi connectivity index (χ1v) is 13.1. The van der Waals surface area contributed by atoms with Crippen LogP contribution in [0.15, 0.2) is 77.7 Å². The van der Waals surface area contributed by atoms with Crippen LogP contribution in [0.1, 0.15) is 16.7 Å². The second kappa shape index (κ2) is 11.1. The maximum atomic E-state index is 13.4. The molecule has 5 nitrogen and oxygen atoms in total. The normalized spacial score (nSPS) is 14.5. The molecule has 1 aliphatic heterocycles. The SMILES string of the molecule is COc1cc(/C=C2\SC(=O)N(Cc3ccc(F)cc3Cl)C2=O)cc(Cl)c1OCc1cccc2ccccc12. The highest BCUT2D eigenvalue weighted by Gasteiger charge is 2.35. The van der Waals surface area contributed by atoms with Crippen molar-refractivity contribution in [2.75, 3.05) is 7.11 Å². The third-order valence-electron chi connectivity index (χ3n) is 6.02. The van der Waals surface area contributed by atoms with E-state index in [0.717, 1.165) is 39.1 Å². The molecule has 38 heavy (non-hydrogen) atoms. The predicted octanol–water partition coefficient (Wildman–Crippen LogP) is 8.11. The van der Waals surface area contributed by atoms with E-state index >= 15 is 0 Å². The number of hydrogen-bond acceptors (Lipinski definition) is 5. The largest absolute Gasteiger partial charge is 0.493 e. The summed E-state index contributed by atoms with van der Waals surface area (Å²) in [7, 11) is 1.50. The van der Waals surface area contributed by atoms with Crippen LogP contribution in [0.2, 0.25) is 10.0 Å². The van der Waals surface area contributed by atoms with E-state index in [1.165, 1.54) is 19.2 Å². The van der Waals surface area contributed by atoms with Gasteiger partial charge in [-0.05, 0) is 69.6 Å². The number of amides is 2. The number of ether oxygens (including phenoxy) is 2. The number of carbonyl (C=O) groups is 2. The van der Waals surface area contributed by atoms with Crippen molar-refractivity contribution in [1.29, 1.82) is 0 Å². The lowest BCUT2D eigenvalue weighted by Gasteiger charge is -2.15. The second-order valence-electron chi connectivity index (χ2n) is 8.46. The molecule has 1 aliphatic rings. The number of thioether (sulfide) groups is 1. The van der Waals surface area contributed by atoms with Crippen molar-refractivity contribution in [1.82, 2.24) is 4.90 Å². The fourth-order valence-corrected chi connectivity index (χ4v) is 5.48. The van der Waals surface area contributed by atoms with Gasteiger partial charge < -0.3 is 9.47 Å². The van der Waals surface area contributed by atoms with Crippen molar-refractivity contribution in [2.45, 2.75) is 13.2 Å². The lowest BCUT2D eigenvalue weighted by Crippen LogP contribution is -2.27. The molecule has 4 aromatic carbocycles. The van der Waals surface area contributed by atoms with Crippen LogP contribution >= 0.6 is 35.0 Å². The Morgan fingerprint density at radius 2 is 1.74 bits per heavy atom. The Bertz CT molecular complexity index is 1600. The van der Waals surface area contributed by atoms with Crippen molar-refractivity contribution >= 4 is 63.0 Å². The van der Waals surface area contributed by atoms with Gasteiger partial charge in [-0.25, -0.2) is 4.39 Å². The van der Waals surface area contributed by atoms with Gasteiger partial charge in [-0.2, -0.15) is 0 Å². The van der Waals surface area contributed by atoms with E-state index in [0.29, 0.717) is 27.6 Å². The van der Waals surface area contributed by atoms with Crippen molar-refractivity contribution < 1.29 is 23.5 Å². The number of imide groups is 1. The van der Waals surface area contributed by atoms with Crippen molar-refractivity contribution in [3.8, 4) is 11.5 Å². The summed E-state index contributed by atoms with van der Waals surface area (Å²) in [4.78, 5) is 26.8. The molecule has 0 unspecified atom stereocenters. The summed E-state index contributed by atoms with van der Waals surface area (Å²) in [6, 6.07) is 21.2. The quantitative estimate of drug-likeness (QED) is 0.211. The molecular formula is C29H20Cl2FNO4S. The Morgan fingerprint density at radius 1 is 0.947 bits per heavy atom. The molecule has 5 rings (SSSR count). The van der Waals surface area contributed by atoms with E-state index in [-0.39, 0.29) is 23.1 Å². The summed E-state index contributed by atoms with van der Waals surface area (Å²) in [6.07, 6.45) is 1.57. The van der Waals surface area contributed by atoms with Gasteiger partial charge in [-0.1, -0.05) is 71.7 Å². The Balaban J connectivity index is 1.36. The zero-order valence-corrected chi connectivity index (χ0v) is 22.4. The Labute approximate surface area is 232 Å². The van der Waals surface area contributed by atoms with Gasteiger partial charge in [0.2, 0.25) is 0 Å². The number of fused-ring (bicyclic) bond motifs is 1. The van der Waals surface area contributed by atoms with Gasteiger partial charge in [-0.15, -0.1) is 0 Å². The third-order valence-corrected chi connectivity index (χ3v) is 7.56. The molecule has 1 heterocycles. The number of carbonyl (C=O) groups excluding carboxylic acids is 2. The molecule has 0 aliphatic carbocycles. The van der Waals surface area contributed by atoms with Gasteiger partial charge in [0.25, 0.3) is 11.1 Å². The number of hydrogen-bond donors (Lipinski definition) is 0. The first kappa shape index (κ1) is 26.1. The van der Waals surface area contributed by atoms with Crippen molar-refractivity contribution in [3.63, 3.8) is 0 Å². The third kappa shape index (κ3) is 5.36. The summed E-state index contributed by atoms with van der Waals surface area (Å²) < 4.78 is 25.0. The summed E-state index contributed by atoms with van der Waals surface area (Å²) >= 11 is 13.4. The molecule has 4 aromatic rings. The van der Waals surface area contributed by atoms with E-state index in [1.807, 2.05) is 42.5 Å². The molecule has 0 saturated carbocycles. The standard InChI is InChI=1S/C29H20Cl2FNO4S/c1-36-25-12-17(11-24(31)27(25)37-16-20-7-4-6-18-5-2-3-8-22(18)20)13-26-28(34)33(29(35)38-26)15-19-9-10-21(32)14-23(19)30/h2-14H,15-16H2,1H3/b26-13-. The number of rotatable bonds is 7. The number of methoxy groups -OCH3 is 1. The molecule has 192 valence electrons. The van der Waals surface area contributed by atoms with E-state index in [2.05, 4.69) is 0 Å². The van der Waals surface area contributed by atoms with Crippen LogP contribution in [0.3, 0.4) is 0 Å². The number of nitrogens with zero attached hydrogens (tertiary/aromatic N) is 1. The van der Waals surface area contributed by atoms with Gasteiger partial charge in [0.15, 0.2) is 11.5 Å². The van der Waals surface area contributed by atoms with E-state index in [9.17, 15) is 14.0 Å². The van der Waals surface area contributed by atoms with E-state index in [4.69, 9.17) is 32.7 Å². The van der Waals surface area contributed by atoms with Gasteiger partial charge >= 0.3 is 0 Å². The lowest BCUT2D eigenvalue weighted by molar-refractivity contribution is -0.123. The molecule has 0 spiro atoms. The number of halogens is 3. The first-order chi connectivity index (χ1) is 18.3. The summed E-state index contributed by atoms with van der Waals surface area (Å²) in [5.74, 6) is -0.213. The fraction of sp³-hybridized carbons (Fsp3) is 0.103. The van der Waals surface area contributed by atoms with Gasteiger partial charge in [-0.3, -0.25) is 14.5 Å². The maximum absolute atomic E-state index is 13.4. The summed E-state index contributed by atoms with van der Waals surface area (Å²) in [5.41, 5.74) is 2.03. The minimum absolute atomic E-state index is 0.0633. The molecular weight excluding hydrogens is 548 g/mol. The van der Waals surface area contributed by atoms with Crippen molar-refractivity contribution in [2.24, 2.45) is 0 Å². The van der Waals surface area contributed by atoms with Gasteiger partial charge in [0.05, 0.1) is 23.6 Å². The zero-order chi connectivity index (χ0) is 26.8. The average molecular weight is 568 g/mol. The lowest BCUT2D eigenvalue weighted by atomic mass is 10.1. The average Bonchev–Trinajstić information content (AvgIpc) is 3.16. The predicted molar refractivity (Wildman–Crippen MR) is 149 cm³/mol. The smallest absolute Gasteiger partial charge is 0.293 e. The van der Waals surface area contributed by atoms with Crippen LogP contribution in [-0.4, -0.2) is 23.2 Å². The Hall–Kier alpha value is -3.52. The number of benzene rings is 4. The van der Waals surface area contributed by atoms with E-state index < -0.39 is 17.0 Å². The molecule has 2 amide bonds. The van der Waals surface area contributed by atoms with Crippen LogP contribution in [0, 0.1) is 5.82 Å². The fourth-order valence-electron chi connectivity index (χ4n) is 4.14. The van der Waals surface area contributed by atoms with Crippen LogP contribution in [0.4, 0.5) is 9.18 Å². The molecule has 0 bridgehead atoms. The van der Waals surface area contributed by atoms with Gasteiger partial charge in [0, 0.05) is 5.02 Å². The topological polar surface area (TPSA) is 55.8 Å². The van der Waals surface area contributed by atoms with Crippen LogP contribution in [0.5, 0.6) is 11.5 Å². The molecule has 0 radical (unpaired) electrons. The zero-order valence-electron chi connectivity index (χ0n) is 20.0.